The van der Waals surface area contributed by atoms with E-state index >= 15 is 0 Å². The van der Waals surface area contributed by atoms with E-state index in [1.807, 2.05) is 34.3 Å². The van der Waals surface area contributed by atoms with Gasteiger partial charge in [-0.2, -0.15) is 5.10 Å². The minimum Gasteiger partial charge on any atom is -0.333 e. The Hall–Kier alpha value is -2.18. The number of aromatic amines is 1. The second kappa shape index (κ2) is 4.98. The number of H-pyrrole nitrogens is 1. The van der Waals surface area contributed by atoms with E-state index in [-0.39, 0.29) is 0 Å². The van der Waals surface area contributed by atoms with Crippen LogP contribution in [-0.2, 0) is 6.54 Å². The lowest BCUT2D eigenvalue weighted by molar-refractivity contribution is 0.705. The van der Waals surface area contributed by atoms with Crippen molar-refractivity contribution in [2.24, 2.45) is 0 Å². The highest BCUT2D eigenvalue weighted by atomic mass is 35.5. The second-order valence-corrected chi connectivity index (χ2v) is 5.92. The third-order valence-corrected chi connectivity index (χ3v) is 4.15. The summed E-state index contributed by atoms with van der Waals surface area (Å²) < 4.78 is 1.86. The molecule has 0 saturated carbocycles. The van der Waals surface area contributed by atoms with Crippen molar-refractivity contribution in [1.29, 1.82) is 0 Å². The van der Waals surface area contributed by atoms with Crippen LogP contribution in [0.15, 0.2) is 42.0 Å². The van der Waals surface area contributed by atoms with Crippen molar-refractivity contribution < 1.29 is 0 Å². The molecule has 7 heteroatoms. The van der Waals surface area contributed by atoms with Gasteiger partial charge in [0.1, 0.15) is 5.52 Å². The number of rotatable bonds is 3. The summed E-state index contributed by atoms with van der Waals surface area (Å²) >= 11 is 7.57. The first-order valence-electron chi connectivity index (χ1n) is 6.35. The fourth-order valence-corrected chi connectivity index (χ4v) is 3.01. The average molecular weight is 316 g/mol. The smallest absolute Gasteiger partial charge is 0.177 e. The number of aromatic nitrogens is 5. The van der Waals surface area contributed by atoms with E-state index in [0.29, 0.717) is 6.54 Å². The molecule has 3 aromatic heterocycles. The van der Waals surface area contributed by atoms with Crippen molar-refractivity contribution in [3.8, 4) is 10.8 Å². The van der Waals surface area contributed by atoms with Crippen LogP contribution in [0.25, 0.3) is 22.0 Å². The Morgan fingerprint density at radius 1 is 1.33 bits per heavy atom. The molecule has 1 N–H and O–H groups in total. The zero-order valence-corrected chi connectivity index (χ0v) is 12.4. The molecule has 4 aromatic rings. The first kappa shape index (κ1) is 12.6. The SMILES string of the molecule is Clc1cccc(Cn2ncc3[nH]c(-c4nccs4)nc32)c1. The first-order valence-corrected chi connectivity index (χ1v) is 7.61. The van der Waals surface area contributed by atoms with Crippen molar-refractivity contribution in [3.63, 3.8) is 0 Å². The highest BCUT2D eigenvalue weighted by molar-refractivity contribution is 7.13. The second-order valence-electron chi connectivity index (χ2n) is 4.59. The van der Waals surface area contributed by atoms with Gasteiger partial charge < -0.3 is 4.98 Å². The van der Waals surface area contributed by atoms with Gasteiger partial charge >= 0.3 is 0 Å². The van der Waals surface area contributed by atoms with Crippen LogP contribution in [-0.4, -0.2) is 24.7 Å². The number of imidazole rings is 1. The summed E-state index contributed by atoms with van der Waals surface area (Å²) in [6, 6.07) is 7.75. The molecule has 0 atom stereocenters. The minimum absolute atomic E-state index is 0.631. The summed E-state index contributed by atoms with van der Waals surface area (Å²) in [5.41, 5.74) is 2.81. The van der Waals surface area contributed by atoms with Gasteiger partial charge in [0.25, 0.3) is 0 Å². The first-order chi connectivity index (χ1) is 10.3. The Labute approximate surface area is 129 Å². The molecule has 0 aliphatic rings. The molecule has 3 heterocycles. The fraction of sp³-hybridized carbons (Fsp3) is 0.0714. The number of hydrogen-bond donors (Lipinski definition) is 1. The topological polar surface area (TPSA) is 59.4 Å². The van der Waals surface area contributed by atoms with Crippen molar-refractivity contribution in [3.05, 3.63) is 52.6 Å². The van der Waals surface area contributed by atoms with E-state index in [4.69, 9.17) is 11.6 Å². The van der Waals surface area contributed by atoms with Crippen molar-refractivity contribution in [1.82, 2.24) is 24.7 Å². The van der Waals surface area contributed by atoms with Crippen LogP contribution >= 0.6 is 22.9 Å². The number of thiazole rings is 1. The van der Waals surface area contributed by atoms with Crippen LogP contribution in [0.5, 0.6) is 0 Å². The Morgan fingerprint density at radius 2 is 2.29 bits per heavy atom. The van der Waals surface area contributed by atoms with Gasteiger partial charge in [-0.05, 0) is 17.7 Å². The standard InChI is InChI=1S/C14H10ClN5S/c15-10-3-1-2-9(6-10)8-20-13-11(7-17-20)18-12(19-13)14-16-4-5-21-14/h1-7H,8H2,(H,18,19). The molecular weight excluding hydrogens is 306 g/mol. The number of halogens is 1. The lowest BCUT2D eigenvalue weighted by Gasteiger charge is -2.02. The third-order valence-electron chi connectivity index (χ3n) is 3.14. The number of nitrogens with one attached hydrogen (secondary N) is 1. The number of hydrogen-bond acceptors (Lipinski definition) is 4. The van der Waals surface area contributed by atoms with Gasteiger partial charge in [0.05, 0.1) is 12.7 Å². The molecule has 0 aliphatic carbocycles. The van der Waals surface area contributed by atoms with Crippen LogP contribution < -0.4 is 0 Å². The minimum atomic E-state index is 0.631. The van der Waals surface area contributed by atoms with Gasteiger partial charge in [0.15, 0.2) is 16.5 Å². The molecule has 1 aromatic carbocycles. The molecule has 5 nitrogen and oxygen atoms in total. The molecule has 0 aliphatic heterocycles. The maximum Gasteiger partial charge on any atom is 0.177 e. The molecule has 0 radical (unpaired) electrons. The van der Waals surface area contributed by atoms with Gasteiger partial charge in [-0.15, -0.1) is 11.3 Å². The van der Waals surface area contributed by atoms with Crippen LogP contribution in [0.2, 0.25) is 5.02 Å². The van der Waals surface area contributed by atoms with E-state index in [1.165, 1.54) is 0 Å². The number of nitrogens with zero attached hydrogens (tertiary/aromatic N) is 4. The summed E-state index contributed by atoms with van der Waals surface area (Å²) in [7, 11) is 0. The van der Waals surface area contributed by atoms with E-state index in [1.54, 1.807) is 23.7 Å². The summed E-state index contributed by atoms with van der Waals surface area (Å²) in [5.74, 6) is 0.775. The molecule has 0 saturated heterocycles. The van der Waals surface area contributed by atoms with Crippen molar-refractivity contribution in [2.45, 2.75) is 6.54 Å². The molecule has 0 unspecified atom stereocenters. The van der Waals surface area contributed by atoms with Gasteiger partial charge in [0.2, 0.25) is 0 Å². The van der Waals surface area contributed by atoms with Crippen LogP contribution in [0, 0.1) is 0 Å². The van der Waals surface area contributed by atoms with Gasteiger partial charge in [-0.25, -0.2) is 14.6 Å². The normalized spacial score (nSPS) is 11.3. The Kier molecular flexibility index (Phi) is 2.98. The molecule has 0 bridgehead atoms. The van der Waals surface area contributed by atoms with E-state index < -0.39 is 0 Å². The fourth-order valence-electron chi connectivity index (χ4n) is 2.21. The maximum atomic E-state index is 6.02. The molecule has 0 amide bonds. The molecule has 21 heavy (non-hydrogen) atoms. The summed E-state index contributed by atoms with van der Waals surface area (Å²) in [6.45, 7) is 0.631. The predicted octanol–water partition coefficient (Wildman–Crippen LogP) is 3.58. The van der Waals surface area contributed by atoms with E-state index in [9.17, 15) is 0 Å². The van der Waals surface area contributed by atoms with E-state index in [2.05, 4.69) is 20.1 Å². The van der Waals surface area contributed by atoms with Gasteiger partial charge in [0, 0.05) is 16.6 Å². The molecular formula is C14H10ClN5S. The largest absolute Gasteiger partial charge is 0.333 e. The van der Waals surface area contributed by atoms with E-state index in [0.717, 1.165) is 32.6 Å². The predicted molar refractivity (Wildman–Crippen MR) is 83.5 cm³/mol. The molecule has 4 rings (SSSR count). The lowest BCUT2D eigenvalue weighted by Crippen LogP contribution is -2.01. The monoisotopic (exact) mass is 315 g/mol. The quantitative estimate of drug-likeness (QED) is 0.628. The molecule has 0 spiro atoms. The maximum absolute atomic E-state index is 6.02. The average Bonchev–Trinajstić information content (AvgIpc) is 3.15. The highest BCUT2D eigenvalue weighted by Crippen LogP contribution is 2.22. The number of benzene rings is 1. The zero-order valence-electron chi connectivity index (χ0n) is 10.8. The van der Waals surface area contributed by atoms with Gasteiger partial charge in [-0.1, -0.05) is 23.7 Å². The Bertz CT molecular complexity index is 893. The molecule has 0 fully saturated rings. The van der Waals surface area contributed by atoms with Crippen LogP contribution in [0.4, 0.5) is 0 Å². The highest BCUT2D eigenvalue weighted by Gasteiger charge is 2.12. The lowest BCUT2D eigenvalue weighted by atomic mass is 10.2. The summed E-state index contributed by atoms with van der Waals surface area (Å²) in [5, 5.41) is 7.90. The van der Waals surface area contributed by atoms with Crippen molar-refractivity contribution >= 4 is 34.1 Å². The third kappa shape index (κ3) is 2.32. The van der Waals surface area contributed by atoms with Crippen LogP contribution in [0.3, 0.4) is 0 Å². The van der Waals surface area contributed by atoms with Crippen molar-refractivity contribution in [2.75, 3.05) is 0 Å². The summed E-state index contributed by atoms with van der Waals surface area (Å²) in [4.78, 5) is 12.1. The summed E-state index contributed by atoms with van der Waals surface area (Å²) in [6.07, 6.45) is 3.55. The Morgan fingerprint density at radius 3 is 3.10 bits per heavy atom. The molecule has 104 valence electrons. The Balaban J connectivity index is 1.72. The zero-order chi connectivity index (χ0) is 14.2. The van der Waals surface area contributed by atoms with Gasteiger partial charge in [-0.3, -0.25) is 0 Å². The number of fused-ring (bicyclic) bond motifs is 1. The van der Waals surface area contributed by atoms with Crippen LogP contribution in [0.1, 0.15) is 5.56 Å².